The van der Waals surface area contributed by atoms with Gasteiger partial charge in [0.25, 0.3) is 0 Å². The average molecular weight is 909 g/mol. The number of amides is 2. The molecule has 344 valence electrons. The van der Waals surface area contributed by atoms with Crippen molar-refractivity contribution in [3.8, 4) is 46.0 Å². The predicted octanol–water partition coefficient (Wildman–Crippen LogP) is 11.2. The summed E-state index contributed by atoms with van der Waals surface area (Å²) in [6, 6.07) is 37.3. The first-order valence-corrected chi connectivity index (χ1v) is 20.8. The monoisotopic (exact) mass is 908 g/mol. The van der Waals surface area contributed by atoms with Crippen molar-refractivity contribution in [1.82, 2.24) is 0 Å². The molecular weight excluding hydrogens is 861 g/mol. The highest BCUT2D eigenvalue weighted by molar-refractivity contribution is 5.97. The Morgan fingerprint density at radius 2 is 0.924 bits per heavy atom. The Balaban J connectivity index is 0.000000196. The van der Waals surface area contributed by atoms with Gasteiger partial charge in [-0.25, -0.2) is 0 Å². The fourth-order valence-electron chi connectivity index (χ4n) is 7.64. The first-order valence-electron chi connectivity index (χ1n) is 20.8. The quantitative estimate of drug-likeness (QED) is 0.0799. The van der Waals surface area contributed by atoms with Crippen molar-refractivity contribution in [1.29, 1.82) is 0 Å². The molecule has 8 rings (SSSR count). The van der Waals surface area contributed by atoms with Gasteiger partial charge in [-0.1, -0.05) is 30.3 Å². The van der Waals surface area contributed by atoms with Crippen LogP contribution in [0, 0.1) is 0 Å². The normalized spacial score (nSPS) is 16.1. The molecular formula is C50H48F4N4O8. The van der Waals surface area contributed by atoms with Crippen molar-refractivity contribution in [3.63, 3.8) is 0 Å². The number of alkyl halides is 4. The molecule has 2 amide bonds. The molecule has 2 aliphatic rings. The highest BCUT2D eigenvalue weighted by Crippen LogP contribution is 2.41. The molecule has 0 aliphatic carbocycles. The van der Waals surface area contributed by atoms with E-state index < -0.39 is 12.2 Å². The van der Waals surface area contributed by atoms with Gasteiger partial charge in [0.1, 0.15) is 23.0 Å². The van der Waals surface area contributed by atoms with E-state index in [1.54, 1.807) is 58.3 Å². The van der Waals surface area contributed by atoms with Gasteiger partial charge in [0, 0.05) is 80.4 Å². The van der Waals surface area contributed by atoms with Crippen LogP contribution in [0.5, 0.6) is 46.0 Å². The van der Waals surface area contributed by atoms with Crippen LogP contribution < -0.4 is 49.7 Å². The molecule has 6 aromatic rings. The SMILES string of the molecule is COc1ccc([C@H]2CC(=O)N(c3cccc(N)c3)C2)cc1Oc1ccc(OC(C)(F)F)cc1.COc1ccc([C@H]2CC(=O)N(c3cccc(N)c3)C2)cc1Oc1cccc(OC(C)(F)F)c1. The number of nitrogen functional groups attached to an aromatic ring is 2. The summed E-state index contributed by atoms with van der Waals surface area (Å²) in [6.45, 7) is 2.37. The highest BCUT2D eigenvalue weighted by atomic mass is 19.3. The number of nitrogens with zero attached hydrogens (tertiary/aromatic N) is 2. The first kappa shape index (κ1) is 46.4. The third-order valence-corrected chi connectivity index (χ3v) is 10.6. The van der Waals surface area contributed by atoms with Gasteiger partial charge in [-0.05, 0) is 108 Å². The van der Waals surface area contributed by atoms with E-state index >= 15 is 0 Å². The lowest BCUT2D eigenvalue weighted by Gasteiger charge is -2.18. The van der Waals surface area contributed by atoms with Crippen LogP contribution >= 0.6 is 0 Å². The van der Waals surface area contributed by atoms with Crippen LogP contribution in [0.4, 0.5) is 40.3 Å². The molecule has 66 heavy (non-hydrogen) atoms. The van der Waals surface area contributed by atoms with E-state index in [9.17, 15) is 27.2 Å². The van der Waals surface area contributed by atoms with Gasteiger partial charge in [0.05, 0.1) is 14.2 Å². The zero-order valence-corrected chi connectivity index (χ0v) is 36.5. The second-order valence-corrected chi connectivity index (χ2v) is 15.8. The number of rotatable bonds is 14. The Morgan fingerprint density at radius 1 is 0.500 bits per heavy atom. The Bertz CT molecular complexity index is 2670. The second-order valence-electron chi connectivity index (χ2n) is 15.8. The molecule has 2 heterocycles. The van der Waals surface area contributed by atoms with Crippen LogP contribution in [0.15, 0.2) is 133 Å². The molecule has 16 heteroatoms. The maximum Gasteiger partial charge on any atom is 0.394 e. The smallest absolute Gasteiger partial charge is 0.394 e. The van der Waals surface area contributed by atoms with E-state index in [-0.39, 0.29) is 35.1 Å². The van der Waals surface area contributed by atoms with Crippen LogP contribution in [0.1, 0.15) is 49.7 Å². The molecule has 12 nitrogen and oxygen atoms in total. The summed E-state index contributed by atoms with van der Waals surface area (Å²) in [5.74, 6) is 2.55. The number of nitrogens with two attached hydrogens (primary N) is 2. The maximum absolute atomic E-state index is 13.2. The summed E-state index contributed by atoms with van der Waals surface area (Å²) in [5.41, 5.74) is 16.3. The fraction of sp³-hybridized carbons (Fsp3) is 0.240. The number of hydrogen-bond donors (Lipinski definition) is 2. The fourth-order valence-corrected chi connectivity index (χ4v) is 7.64. The molecule has 0 spiro atoms. The van der Waals surface area contributed by atoms with Crippen molar-refractivity contribution in [3.05, 3.63) is 145 Å². The van der Waals surface area contributed by atoms with Crippen molar-refractivity contribution < 1.29 is 55.6 Å². The number of carbonyl (C=O) groups excluding carboxylic acids is 2. The number of methoxy groups -OCH3 is 2. The Morgan fingerprint density at radius 3 is 1.38 bits per heavy atom. The number of anilines is 4. The number of halogens is 4. The van der Waals surface area contributed by atoms with Crippen LogP contribution in [-0.2, 0) is 9.59 Å². The van der Waals surface area contributed by atoms with Gasteiger partial charge >= 0.3 is 12.2 Å². The number of benzene rings is 6. The van der Waals surface area contributed by atoms with E-state index in [2.05, 4.69) is 9.47 Å². The summed E-state index contributed by atoms with van der Waals surface area (Å²) in [7, 11) is 3.04. The molecule has 2 fully saturated rings. The van der Waals surface area contributed by atoms with Crippen LogP contribution in [0.25, 0.3) is 0 Å². The van der Waals surface area contributed by atoms with Gasteiger partial charge in [-0.2, -0.15) is 17.6 Å². The van der Waals surface area contributed by atoms with Crippen molar-refractivity contribution in [2.45, 2.75) is 50.7 Å². The summed E-state index contributed by atoms with van der Waals surface area (Å²) < 4.78 is 84.3. The van der Waals surface area contributed by atoms with Gasteiger partial charge in [-0.15, -0.1) is 0 Å². The third kappa shape index (κ3) is 11.9. The molecule has 0 saturated carbocycles. The average Bonchev–Trinajstić information content (AvgIpc) is 3.86. The lowest BCUT2D eigenvalue weighted by atomic mass is 9.98. The molecule has 2 atom stereocenters. The van der Waals surface area contributed by atoms with Crippen molar-refractivity contribution in [2.24, 2.45) is 0 Å². The summed E-state index contributed by atoms with van der Waals surface area (Å²) in [6.07, 6.45) is -5.87. The zero-order valence-electron chi connectivity index (χ0n) is 36.5. The maximum atomic E-state index is 13.2. The van der Waals surface area contributed by atoms with E-state index in [0.717, 1.165) is 22.5 Å². The first-order chi connectivity index (χ1) is 31.4. The second kappa shape index (κ2) is 19.6. The van der Waals surface area contributed by atoms with Gasteiger partial charge < -0.3 is 49.7 Å². The van der Waals surface area contributed by atoms with E-state index in [1.807, 2.05) is 48.5 Å². The third-order valence-electron chi connectivity index (χ3n) is 10.6. The van der Waals surface area contributed by atoms with Gasteiger partial charge in [0.15, 0.2) is 23.0 Å². The molecule has 0 aromatic heterocycles. The molecule has 0 radical (unpaired) electrons. The Hall–Kier alpha value is -7.62. The molecule has 0 bridgehead atoms. The molecule has 2 saturated heterocycles. The molecule has 2 aliphatic heterocycles. The molecule has 4 N–H and O–H groups in total. The minimum Gasteiger partial charge on any atom is -0.493 e. The summed E-state index contributed by atoms with van der Waals surface area (Å²) in [5, 5.41) is 0. The topological polar surface area (TPSA) is 148 Å². The predicted molar refractivity (Wildman–Crippen MR) is 243 cm³/mol. The summed E-state index contributed by atoms with van der Waals surface area (Å²) >= 11 is 0. The number of ether oxygens (including phenoxy) is 6. The van der Waals surface area contributed by atoms with E-state index in [1.165, 1.54) is 50.6 Å². The van der Waals surface area contributed by atoms with Crippen LogP contribution in [-0.4, -0.2) is 51.3 Å². The zero-order chi connectivity index (χ0) is 47.2. The number of hydrogen-bond acceptors (Lipinski definition) is 10. The lowest BCUT2D eigenvalue weighted by Crippen LogP contribution is -2.24. The van der Waals surface area contributed by atoms with E-state index in [4.69, 9.17) is 30.4 Å². The van der Waals surface area contributed by atoms with Crippen molar-refractivity contribution >= 4 is 34.6 Å². The molecule has 0 unspecified atom stereocenters. The minimum atomic E-state index is -3.31. The largest absolute Gasteiger partial charge is 0.493 e. The Labute approximate surface area is 379 Å². The summed E-state index contributed by atoms with van der Waals surface area (Å²) in [4.78, 5) is 28.8. The molecule has 6 aromatic carbocycles. The highest BCUT2D eigenvalue weighted by Gasteiger charge is 2.34. The van der Waals surface area contributed by atoms with Gasteiger partial charge in [0.2, 0.25) is 11.8 Å². The van der Waals surface area contributed by atoms with Crippen LogP contribution in [0.2, 0.25) is 0 Å². The minimum absolute atomic E-state index is 0.00855. The van der Waals surface area contributed by atoms with Crippen molar-refractivity contribution in [2.75, 3.05) is 48.6 Å². The lowest BCUT2D eigenvalue weighted by molar-refractivity contribution is -0.159. The van der Waals surface area contributed by atoms with Crippen LogP contribution in [0.3, 0.4) is 0 Å². The van der Waals surface area contributed by atoms with E-state index in [0.29, 0.717) is 85.7 Å². The Kier molecular flexibility index (Phi) is 13.8. The van der Waals surface area contributed by atoms with Gasteiger partial charge in [-0.3, -0.25) is 9.59 Å². The standard InChI is InChI=1S/2C25H24F2N2O4/c1-25(26,27)33-21-8-4-7-20(14-21)32-23-11-16(9-10-22(23)31-2)17-12-24(30)29(15-17)19-6-3-5-18(28)13-19;1-25(26,27)33-21-9-7-20(8-10-21)32-23-12-16(6-11-22(23)31-2)17-13-24(30)29(15-17)19-5-3-4-18(28)14-19/h3-11,13-14,17H,12,15,28H2,1-2H3;3-12,14,17H,13,15,28H2,1-2H3/t2*17-/m00/s1. The number of carbonyl (C=O) groups is 2.